The van der Waals surface area contributed by atoms with Crippen molar-refractivity contribution in [3.05, 3.63) is 47.7 Å². The minimum absolute atomic E-state index is 0.0161. The number of aromatic nitrogens is 4. The molecule has 0 aromatic carbocycles. The number of halogens is 1. The summed E-state index contributed by atoms with van der Waals surface area (Å²) in [5.41, 5.74) is 2.85. The minimum atomic E-state index is -1.05. The third-order valence-electron chi connectivity index (χ3n) is 4.64. The van der Waals surface area contributed by atoms with E-state index in [9.17, 15) is 9.50 Å². The lowest BCUT2D eigenvalue weighted by Crippen LogP contribution is -2.28. The first-order valence-corrected chi connectivity index (χ1v) is 10.2. The number of amidine groups is 1. The van der Waals surface area contributed by atoms with Crippen LogP contribution < -0.4 is 15.5 Å². The number of nitrogens with one attached hydrogen (secondary N) is 2. The summed E-state index contributed by atoms with van der Waals surface area (Å²) in [6.45, 7) is 8.78. The number of rotatable bonds is 7. The van der Waals surface area contributed by atoms with E-state index in [1.807, 2.05) is 20.8 Å². The van der Waals surface area contributed by atoms with Crippen molar-refractivity contribution in [1.29, 1.82) is 0 Å². The molecule has 0 radical (unpaired) electrons. The van der Waals surface area contributed by atoms with Gasteiger partial charge in [0, 0.05) is 11.8 Å². The smallest absolute Gasteiger partial charge is 0.218 e. The molecule has 0 spiro atoms. The fourth-order valence-corrected chi connectivity index (χ4v) is 3.14. The highest BCUT2D eigenvalue weighted by atomic mass is 19.1. The Morgan fingerprint density at radius 3 is 2.84 bits per heavy atom. The van der Waals surface area contributed by atoms with E-state index < -0.39 is 17.1 Å². The zero-order chi connectivity index (χ0) is 23.1. The maximum atomic E-state index is 13.9. The summed E-state index contributed by atoms with van der Waals surface area (Å²) in [7, 11) is 0. The Morgan fingerprint density at radius 1 is 1.38 bits per heavy atom. The van der Waals surface area contributed by atoms with E-state index >= 15 is 0 Å². The van der Waals surface area contributed by atoms with Gasteiger partial charge in [-0.25, -0.2) is 34.2 Å². The van der Waals surface area contributed by atoms with Crippen molar-refractivity contribution >= 4 is 17.3 Å². The van der Waals surface area contributed by atoms with Gasteiger partial charge in [0.2, 0.25) is 5.88 Å². The minimum Gasteiger partial charge on any atom is -0.474 e. The van der Waals surface area contributed by atoms with Crippen molar-refractivity contribution in [1.82, 2.24) is 25.1 Å². The zero-order valence-corrected chi connectivity index (χ0v) is 18.5. The van der Waals surface area contributed by atoms with Crippen LogP contribution in [0.5, 0.6) is 5.88 Å². The normalized spacial score (nSPS) is 16.5. The van der Waals surface area contributed by atoms with Crippen molar-refractivity contribution in [3.63, 3.8) is 0 Å². The van der Waals surface area contributed by atoms with Crippen molar-refractivity contribution in [2.75, 3.05) is 11.9 Å². The van der Waals surface area contributed by atoms with Gasteiger partial charge in [0.15, 0.2) is 17.2 Å². The summed E-state index contributed by atoms with van der Waals surface area (Å²) in [6, 6.07) is 2.72. The predicted molar refractivity (Wildman–Crippen MR) is 116 cm³/mol. The molecule has 32 heavy (non-hydrogen) atoms. The number of aliphatic imine (C=N–C) groups is 1. The lowest BCUT2D eigenvalue weighted by atomic mass is 10.1. The molecule has 0 saturated heterocycles. The number of nitrogens with zero attached hydrogens (tertiary/aromatic N) is 5. The molecule has 0 bridgehead atoms. The molecule has 3 aromatic heterocycles. The SMILES string of the molecule is C[C@@H](Nc1ccn2ncc(C3=NC(C)(C)ON3)c2n1)c1cc(F)cnc1OCC(C)(C)O. The van der Waals surface area contributed by atoms with Crippen LogP contribution in [-0.4, -0.2) is 48.5 Å². The van der Waals surface area contributed by atoms with Crippen LogP contribution in [0.25, 0.3) is 5.65 Å². The summed E-state index contributed by atoms with van der Waals surface area (Å²) in [5.74, 6) is 0.838. The highest BCUT2D eigenvalue weighted by Crippen LogP contribution is 2.27. The number of hydrogen-bond acceptors (Lipinski definition) is 9. The van der Waals surface area contributed by atoms with Gasteiger partial charge in [0.05, 0.1) is 29.6 Å². The predicted octanol–water partition coefficient (Wildman–Crippen LogP) is 2.60. The van der Waals surface area contributed by atoms with E-state index in [0.717, 1.165) is 6.20 Å². The average Bonchev–Trinajstić information content (AvgIpc) is 3.28. The molecule has 0 saturated carbocycles. The Bertz CT molecular complexity index is 1170. The van der Waals surface area contributed by atoms with Gasteiger partial charge in [-0.05, 0) is 46.8 Å². The lowest BCUT2D eigenvalue weighted by molar-refractivity contribution is -0.0269. The van der Waals surface area contributed by atoms with Gasteiger partial charge in [0.1, 0.15) is 18.2 Å². The third kappa shape index (κ3) is 4.78. The van der Waals surface area contributed by atoms with Gasteiger partial charge in [0.25, 0.3) is 0 Å². The fourth-order valence-electron chi connectivity index (χ4n) is 3.14. The molecule has 0 aliphatic carbocycles. The molecule has 3 N–H and O–H groups in total. The van der Waals surface area contributed by atoms with E-state index in [-0.39, 0.29) is 18.5 Å². The number of hydrogen-bond donors (Lipinski definition) is 3. The van der Waals surface area contributed by atoms with E-state index in [4.69, 9.17) is 9.57 Å². The molecular formula is C21H26FN7O3. The van der Waals surface area contributed by atoms with Gasteiger partial charge in [-0.15, -0.1) is 0 Å². The van der Waals surface area contributed by atoms with Crippen LogP contribution in [0.15, 0.2) is 35.7 Å². The van der Waals surface area contributed by atoms with E-state index in [0.29, 0.717) is 28.4 Å². The molecule has 4 heterocycles. The van der Waals surface area contributed by atoms with Crippen LogP contribution in [0.2, 0.25) is 0 Å². The second-order valence-electron chi connectivity index (χ2n) is 8.77. The zero-order valence-electron chi connectivity index (χ0n) is 18.5. The van der Waals surface area contributed by atoms with E-state index in [1.165, 1.54) is 6.07 Å². The maximum absolute atomic E-state index is 13.9. The highest BCUT2D eigenvalue weighted by molar-refractivity contribution is 6.03. The van der Waals surface area contributed by atoms with Crippen LogP contribution in [0.3, 0.4) is 0 Å². The van der Waals surface area contributed by atoms with Crippen molar-refractivity contribution in [2.24, 2.45) is 4.99 Å². The van der Waals surface area contributed by atoms with Gasteiger partial charge in [-0.2, -0.15) is 5.10 Å². The average molecular weight is 443 g/mol. The Labute approximate surface area is 184 Å². The number of anilines is 1. The highest BCUT2D eigenvalue weighted by Gasteiger charge is 2.28. The molecule has 4 rings (SSSR count). The number of hydroxylamine groups is 1. The van der Waals surface area contributed by atoms with Crippen LogP contribution in [0.4, 0.5) is 10.2 Å². The first-order chi connectivity index (χ1) is 15.0. The molecule has 1 atom stereocenters. The molecule has 1 aliphatic rings. The summed E-state index contributed by atoms with van der Waals surface area (Å²) in [4.78, 5) is 18.6. The van der Waals surface area contributed by atoms with Crippen molar-refractivity contribution < 1.29 is 19.1 Å². The largest absolute Gasteiger partial charge is 0.474 e. The number of pyridine rings is 1. The Kier molecular flexibility index (Phi) is 5.47. The summed E-state index contributed by atoms with van der Waals surface area (Å²) in [5, 5.41) is 17.5. The molecule has 0 fully saturated rings. The van der Waals surface area contributed by atoms with E-state index in [1.54, 1.807) is 36.8 Å². The molecule has 0 unspecified atom stereocenters. The molecule has 10 nitrogen and oxygen atoms in total. The van der Waals surface area contributed by atoms with Gasteiger partial charge >= 0.3 is 0 Å². The van der Waals surface area contributed by atoms with Crippen LogP contribution in [-0.2, 0) is 4.84 Å². The second-order valence-corrected chi connectivity index (χ2v) is 8.77. The lowest BCUT2D eigenvalue weighted by Gasteiger charge is -2.21. The number of fused-ring (bicyclic) bond motifs is 1. The molecule has 11 heteroatoms. The number of aliphatic hydroxyl groups is 1. The topological polar surface area (TPSA) is 118 Å². The number of ether oxygens (including phenoxy) is 1. The van der Waals surface area contributed by atoms with Crippen LogP contribution in [0.1, 0.15) is 51.8 Å². The maximum Gasteiger partial charge on any atom is 0.218 e. The molecule has 170 valence electrons. The molecular weight excluding hydrogens is 417 g/mol. The fraction of sp³-hybridized carbons (Fsp3) is 0.429. The van der Waals surface area contributed by atoms with Gasteiger partial charge < -0.3 is 15.2 Å². The monoisotopic (exact) mass is 443 g/mol. The van der Waals surface area contributed by atoms with Crippen LogP contribution >= 0.6 is 0 Å². The van der Waals surface area contributed by atoms with Gasteiger partial charge in [-0.3, -0.25) is 0 Å². The van der Waals surface area contributed by atoms with Crippen molar-refractivity contribution in [2.45, 2.75) is 52.0 Å². The second kappa shape index (κ2) is 7.99. The quantitative estimate of drug-likeness (QED) is 0.510. The van der Waals surface area contributed by atoms with Crippen molar-refractivity contribution in [3.8, 4) is 5.88 Å². The summed E-state index contributed by atoms with van der Waals surface area (Å²) < 4.78 is 21.2. The molecule has 1 aliphatic heterocycles. The Hall–Kier alpha value is -3.31. The van der Waals surface area contributed by atoms with Gasteiger partial charge in [-0.1, -0.05) is 0 Å². The first kappa shape index (κ1) is 21.9. The first-order valence-electron chi connectivity index (χ1n) is 10.2. The molecule has 3 aromatic rings. The summed E-state index contributed by atoms with van der Waals surface area (Å²) >= 11 is 0. The Morgan fingerprint density at radius 2 is 2.16 bits per heavy atom. The van der Waals surface area contributed by atoms with Crippen LogP contribution in [0, 0.1) is 5.82 Å². The Balaban J connectivity index is 1.60. The third-order valence-corrected chi connectivity index (χ3v) is 4.64. The standard InChI is InChI=1S/C21H26FN7O3/c1-12(14-8-13(22)9-23-19(14)31-11-20(2,3)30)25-16-6-7-29-18(26-16)15(10-24-29)17-27-21(4,5)32-28-17/h6-10,12,30H,11H2,1-5H3,(H,25,26)(H,27,28)/t12-/m1/s1. The molecule has 0 amide bonds. The van der Waals surface area contributed by atoms with E-state index in [2.05, 4.69) is 30.9 Å². The summed E-state index contributed by atoms with van der Waals surface area (Å²) in [6.07, 6.45) is 4.50.